The van der Waals surface area contributed by atoms with Crippen molar-refractivity contribution in [2.45, 2.75) is 45.4 Å². The Labute approximate surface area is 189 Å². The van der Waals surface area contributed by atoms with Gasteiger partial charge >= 0.3 is 12.1 Å². The van der Waals surface area contributed by atoms with Crippen LogP contribution in [0.1, 0.15) is 27.2 Å². The van der Waals surface area contributed by atoms with Gasteiger partial charge in [-0.3, -0.25) is 14.4 Å². The summed E-state index contributed by atoms with van der Waals surface area (Å²) in [4.78, 5) is 49.3. The highest BCUT2D eigenvalue weighted by molar-refractivity contribution is 6.12. The fourth-order valence-corrected chi connectivity index (χ4v) is 3.48. The van der Waals surface area contributed by atoms with E-state index in [-0.39, 0.29) is 0 Å². The summed E-state index contributed by atoms with van der Waals surface area (Å²) < 4.78 is 24.6. The van der Waals surface area contributed by atoms with Gasteiger partial charge in [0, 0.05) is 10.8 Å². The van der Waals surface area contributed by atoms with Gasteiger partial charge < -0.3 is 14.8 Å². The third kappa shape index (κ3) is 5.36. The number of carbonyl (C=O) groups excluding carboxylic acids is 4. The van der Waals surface area contributed by atoms with Crippen molar-refractivity contribution < 1.29 is 33.0 Å². The zero-order valence-corrected chi connectivity index (χ0v) is 18.5. The van der Waals surface area contributed by atoms with Crippen LogP contribution in [0.2, 0.25) is 0 Å². The summed E-state index contributed by atoms with van der Waals surface area (Å²) in [6.07, 6.45) is -3.06. The molecule has 33 heavy (non-hydrogen) atoms. The molecular formula is C24H25FN2O6. The number of alkyl halides is 1. The lowest BCUT2D eigenvalue weighted by molar-refractivity contribution is -0.149. The molecule has 2 unspecified atom stereocenters. The lowest BCUT2D eigenvalue weighted by Crippen LogP contribution is -2.47. The van der Waals surface area contributed by atoms with E-state index in [4.69, 9.17) is 9.47 Å². The van der Waals surface area contributed by atoms with Crippen molar-refractivity contribution in [1.82, 2.24) is 9.88 Å². The quantitative estimate of drug-likeness (QED) is 0.520. The molecule has 0 bridgehead atoms. The van der Waals surface area contributed by atoms with E-state index in [0.717, 1.165) is 10.8 Å². The van der Waals surface area contributed by atoms with Crippen LogP contribution in [-0.2, 0) is 23.9 Å². The second-order valence-corrected chi connectivity index (χ2v) is 7.80. The number of esters is 1. The van der Waals surface area contributed by atoms with Gasteiger partial charge in [0.05, 0.1) is 23.6 Å². The number of Topliss-reactive ketones (excluding diaryl/α,β-unsaturated/α-hetero) is 1. The van der Waals surface area contributed by atoms with Crippen molar-refractivity contribution in [2.24, 2.45) is 0 Å². The zero-order valence-electron chi connectivity index (χ0n) is 18.5. The monoisotopic (exact) mass is 456 g/mol. The van der Waals surface area contributed by atoms with Gasteiger partial charge in [-0.15, -0.1) is 0 Å². The van der Waals surface area contributed by atoms with Crippen molar-refractivity contribution in [3.63, 3.8) is 0 Å². The first kappa shape index (κ1) is 23.9. The molecule has 3 rings (SSSR count). The van der Waals surface area contributed by atoms with E-state index in [2.05, 4.69) is 5.32 Å². The van der Waals surface area contributed by atoms with Crippen molar-refractivity contribution >= 4 is 45.6 Å². The molecule has 2 aromatic carbocycles. The Hall–Kier alpha value is -3.75. The van der Waals surface area contributed by atoms with Gasteiger partial charge in [0.1, 0.15) is 12.7 Å². The number of aromatic nitrogens is 1. The summed E-state index contributed by atoms with van der Waals surface area (Å²) in [5.74, 6) is -2.58. The second-order valence-electron chi connectivity index (χ2n) is 7.80. The highest BCUT2D eigenvalue weighted by atomic mass is 19.1. The molecule has 0 fully saturated rings. The van der Waals surface area contributed by atoms with Gasteiger partial charge in [0.25, 0.3) is 5.91 Å². The van der Waals surface area contributed by atoms with Crippen LogP contribution in [0.25, 0.3) is 21.8 Å². The first-order chi connectivity index (χ1) is 15.7. The highest BCUT2D eigenvalue weighted by Crippen LogP contribution is 2.28. The number of nitrogens with one attached hydrogen (secondary N) is 1. The molecule has 174 valence electrons. The van der Waals surface area contributed by atoms with Crippen LogP contribution >= 0.6 is 0 Å². The molecule has 1 N–H and O–H groups in total. The van der Waals surface area contributed by atoms with Crippen molar-refractivity contribution in [3.8, 4) is 0 Å². The van der Waals surface area contributed by atoms with Gasteiger partial charge in [-0.05, 0) is 32.9 Å². The molecule has 1 heterocycles. The van der Waals surface area contributed by atoms with E-state index < -0.39 is 55.1 Å². The number of rotatable bonds is 8. The molecule has 9 heteroatoms. The molecule has 0 saturated heterocycles. The number of amides is 1. The van der Waals surface area contributed by atoms with Crippen molar-refractivity contribution in [3.05, 3.63) is 48.5 Å². The average molecular weight is 456 g/mol. The predicted octanol–water partition coefficient (Wildman–Crippen LogP) is 3.53. The maximum atomic E-state index is 13.0. The number of fused-ring (bicyclic) bond motifs is 3. The van der Waals surface area contributed by atoms with Crippen LogP contribution in [0.4, 0.5) is 9.18 Å². The minimum atomic E-state index is -1.43. The van der Waals surface area contributed by atoms with Crippen LogP contribution in [0.15, 0.2) is 48.5 Å². The minimum Gasteiger partial charge on any atom is -0.463 e. The second kappa shape index (κ2) is 10.2. The zero-order chi connectivity index (χ0) is 24.1. The Morgan fingerprint density at radius 1 is 0.909 bits per heavy atom. The molecule has 0 saturated carbocycles. The van der Waals surface area contributed by atoms with E-state index in [1.807, 2.05) is 24.3 Å². The number of ether oxygens (including phenoxy) is 2. The number of benzene rings is 2. The Morgan fingerprint density at radius 3 is 1.97 bits per heavy atom. The molecule has 0 aliphatic carbocycles. The fourth-order valence-electron chi connectivity index (χ4n) is 3.48. The molecule has 2 atom stereocenters. The Morgan fingerprint density at radius 2 is 1.45 bits per heavy atom. The van der Waals surface area contributed by atoms with Crippen molar-refractivity contribution in [2.75, 3.05) is 6.67 Å². The number of hydrogen-bond acceptors (Lipinski definition) is 6. The van der Waals surface area contributed by atoms with Crippen LogP contribution in [0.5, 0.6) is 0 Å². The summed E-state index contributed by atoms with van der Waals surface area (Å²) in [7, 11) is 0. The highest BCUT2D eigenvalue weighted by Gasteiger charge is 2.29. The smallest absolute Gasteiger partial charge is 0.419 e. The van der Waals surface area contributed by atoms with Gasteiger partial charge in [0.2, 0.25) is 0 Å². The van der Waals surface area contributed by atoms with Gasteiger partial charge in [-0.25, -0.2) is 13.8 Å². The summed E-state index contributed by atoms with van der Waals surface area (Å²) >= 11 is 0. The van der Waals surface area contributed by atoms with Crippen LogP contribution in [0.3, 0.4) is 0 Å². The number of nitrogens with zero attached hydrogens (tertiary/aromatic N) is 1. The van der Waals surface area contributed by atoms with Crippen molar-refractivity contribution in [1.29, 1.82) is 0 Å². The van der Waals surface area contributed by atoms with E-state index in [1.54, 1.807) is 38.1 Å². The van der Waals surface area contributed by atoms with E-state index >= 15 is 0 Å². The molecular weight excluding hydrogens is 431 g/mol. The SMILES string of the molecule is CC(C)OC(=O)CC(NC(=O)C(C)OC(=O)n1c2ccccc2c2ccccc21)C(=O)CF. The molecule has 1 amide bonds. The maximum absolute atomic E-state index is 13.0. The van der Waals surface area contributed by atoms with Gasteiger partial charge in [-0.1, -0.05) is 36.4 Å². The van der Waals surface area contributed by atoms with Crippen LogP contribution in [-0.4, -0.2) is 53.2 Å². The lowest BCUT2D eigenvalue weighted by atomic mass is 10.1. The van der Waals surface area contributed by atoms with Gasteiger partial charge in [0.15, 0.2) is 11.9 Å². The number of ketones is 1. The summed E-state index contributed by atoms with van der Waals surface area (Å²) in [5.41, 5.74) is 1.22. The summed E-state index contributed by atoms with van der Waals surface area (Å²) in [6, 6.07) is 13.1. The Kier molecular flexibility index (Phi) is 7.42. The van der Waals surface area contributed by atoms with E-state index in [1.165, 1.54) is 11.5 Å². The third-order valence-corrected chi connectivity index (χ3v) is 4.98. The lowest BCUT2D eigenvalue weighted by Gasteiger charge is -2.20. The molecule has 3 aromatic rings. The number of carbonyl (C=O) groups is 4. The molecule has 0 radical (unpaired) electrons. The minimum absolute atomic E-state index is 0.430. The normalized spacial score (nSPS) is 13.0. The third-order valence-electron chi connectivity index (χ3n) is 4.98. The largest absolute Gasteiger partial charge is 0.463 e. The number of halogens is 1. The Balaban J connectivity index is 1.77. The molecule has 0 spiro atoms. The number of hydrogen-bond donors (Lipinski definition) is 1. The average Bonchev–Trinajstić information content (AvgIpc) is 3.12. The molecule has 1 aromatic heterocycles. The van der Waals surface area contributed by atoms with Gasteiger partial charge in [-0.2, -0.15) is 0 Å². The molecule has 0 aliphatic heterocycles. The molecule has 8 nitrogen and oxygen atoms in total. The fraction of sp³-hybridized carbons (Fsp3) is 0.333. The van der Waals surface area contributed by atoms with E-state index in [9.17, 15) is 23.6 Å². The summed E-state index contributed by atoms with van der Waals surface area (Å²) in [5, 5.41) is 3.97. The number of para-hydroxylation sites is 2. The maximum Gasteiger partial charge on any atom is 0.419 e. The summed E-state index contributed by atoms with van der Waals surface area (Å²) in [6.45, 7) is 3.21. The first-order valence-electron chi connectivity index (χ1n) is 10.5. The first-order valence-corrected chi connectivity index (χ1v) is 10.5. The predicted molar refractivity (Wildman–Crippen MR) is 120 cm³/mol. The molecule has 0 aliphatic rings. The Bertz CT molecular complexity index is 1150. The topological polar surface area (TPSA) is 104 Å². The van der Waals surface area contributed by atoms with E-state index in [0.29, 0.717) is 11.0 Å². The van der Waals surface area contributed by atoms with Crippen LogP contribution < -0.4 is 5.32 Å². The van der Waals surface area contributed by atoms with Crippen LogP contribution in [0, 0.1) is 0 Å². The standard InChI is InChI=1S/C24H25FN2O6/c1-14(2)32-22(29)12-18(21(28)13-25)26-23(30)15(3)33-24(31)27-19-10-6-4-8-16(19)17-9-5-7-11-20(17)27/h4-11,14-15,18H,12-13H2,1-3H3,(H,26,30).